The van der Waals surface area contributed by atoms with Crippen LogP contribution < -0.4 is 15.2 Å². The van der Waals surface area contributed by atoms with Gasteiger partial charge in [-0.1, -0.05) is 26.7 Å². The first kappa shape index (κ1) is 25.8. The van der Waals surface area contributed by atoms with Gasteiger partial charge in [0, 0.05) is 18.1 Å². The number of isocyanates is 1. The number of sulfonamides is 2. The largest absolute Gasteiger partial charge is 0.327 e. The first-order valence-corrected chi connectivity index (χ1v) is 15.0. The standard InChI is InChI=1S/C11H18N2O3S.C10H20N2O2S/c1-2-8-5-9(6-11(8)12-7-14)13-17(15,16)10-3-4-10;1-2-7-5-8(6-10(7)11)12-15(13,14)9-3-4-9/h8-11,13H,2-6H2,1H3;7-10,12H,2-6,11H2,1H3/t8-,9+,11+;7-,8+,10+/m11/s1. The topological polar surface area (TPSA) is 148 Å². The van der Waals surface area contributed by atoms with Crippen LogP contribution >= 0.6 is 0 Å². The summed E-state index contributed by atoms with van der Waals surface area (Å²) in [6, 6.07) is 0.120. The lowest BCUT2D eigenvalue weighted by Gasteiger charge is -2.12. The summed E-state index contributed by atoms with van der Waals surface area (Å²) in [7, 11) is -6.16. The van der Waals surface area contributed by atoms with E-state index in [9.17, 15) is 21.6 Å². The van der Waals surface area contributed by atoms with Crippen LogP contribution in [0, 0.1) is 11.8 Å². The van der Waals surface area contributed by atoms with Gasteiger partial charge in [-0.3, -0.25) is 0 Å². The van der Waals surface area contributed by atoms with Crippen LogP contribution in [0.15, 0.2) is 4.99 Å². The van der Waals surface area contributed by atoms with Crippen molar-refractivity contribution in [2.45, 2.75) is 113 Å². The van der Waals surface area contributed by atoms with Crippen molar-refractivity contribution >= 4 is 26.1 Å². The highest BCUT2D eigenvalue weighted by molar-refractivity contribution is 7.90. The van der Waals surface area contributed by atoms with Crippen molar-refractivity contribution in [3.05, 3.63) is 0 Å². The van der Waals surface area contributed by atoms with Gasteiger partial charge in [0.05, 0.1) is 16.5 Å². The van der Waals surface area contributed by atoms with E-state index in [1.54, 1.807) is 6.08 Å². The fourth-order valence-electron chi connectivity index (χ4n) is 5.00. The molecule has 4 fully saturated rings. The minimum absolute atomic E-state index is 0.0624. The first-order valence-electron chi connectivity index (χ1n) is 11.9. The van der Waals surface area contributed by atoms with Crippen molar-refractivity contribution in [3.63, 3.8) is 0 Å². The number of carbonyl (C=O) groups excluding carboxylic acids is 1. The molecular formula is C21H38N4O5S2. The summed E-state index contributed by atoms with van der Waals surface area (Å²) in [5.74, 6) is 0.778. The molecule has 4 saturated carbocycles. The van der Waals surface area contributed by atoms with Crippen molar-refractivity contribution in [3.8, 4) is 0 Å². The quantitative estimate of drug-likeness (QED) is 0.330. The third kappa shape index (κ3) is 6.84. The normalized spacial score (nSPS) is 35.1. The van der Waals surface area contributed by atoms with Crippen LogP contribution in [0.4, 0.5) is 0 Å². The Hall–Kier alpha value is -0.840. The van der Waals surface area contributed by atoms with Gasteiger partial charge >= 0.3 is 0 Å². The molecule has 0 aliphatic heterocycles. The molecule has 0 aromatic carbocycles. The molecule has 0 heterocycles. The summed E-state index contributed by atoms with van der Waals surface area (Å²) in [6.07, 6.45) is 9.85. The minimum Gasteiger partial charge on any atom is -0.327 e. The molecule has 4 N–H and O–H groups in total. The van der Waals surface area contributed by atoms with Crippen molar-refractivity contribution in [2.75, 3.05) is 0 Å². The molecule has 184 valence electrons. The molecule has 6 atom stereocenters. The van der Waals surface area contributed by atoms with Crippen molar-refractivity contribution in [1.82, 2.24) is 9.44 Å². The average molecular weight is 491 g/mol. The fraction of sp³-hybridized carbons (Fsp3) is 0.952. The molecular weight excluding hydrogens is 452 g/mol. The first-order chi connectivity index (χ1) is 15.1. The third-order valence-corrected chi connectivity index (χ3v) is 11.3. The zero-order chi connectivity index (χ0) is 23.5. The maximum Gasteiger partial charge on any atom is 0.235 e. The number of rotatable bonds is 9. The molecule has 0 saturated heterocycles. The summed E-state index contributed by atoms with van der Waals surface area (Å²) in [4.78, 5) is 14.1. The predicted octanol–water partition coefficient (Wildman–Crippen LogP) is 1.55. The number of hydrogen-bond donors (Lipinski definition) is 3. The number of nitrogens with two attached hydrogens (primary N) is 1. The molecule has 32 heavy (non-hydrogen) atoms. The molecule has 9 nitrogen and oxygen atoms in total. The van der Waals surface area contributed by atoms with Gasteiger partial charge in [0.2, 0.25) is 26.1 Å². The molecule has 0 amide bonds. The average Bonchev–Trinajstić information content (AvgIpc) is 3.63. The van der Waals surface area contributed by atoms with E-state index in [0.717, 1.165) is 57.8 Å². The number of aliphatic imine (C=N–C) groups is 1. The van der Waals surface area contributed by atoms with E-state index in [4.69, 9.17) is 5.73 Å². The minimum atomic E-state index is -3.13. The Bertz CT molecular complexity index is 895. The fourth-order valence-corrected chi connectivity index (χ4v) is 8.21. The Morgan fingerprint density at radius 2 is 1.28 bits per heavy atom. The Labute approximate surface area is 192 Å². The molecule has 0 spiro atoms. The third-order valence-electron chi connectivity index (χ3n) is 7.26. The monoisotopic (exact) mass is 490 g/mol. The van der Waals surface area contributed by atoms with Gasteiger partial charge in [0.1, 0.15) is 0 Å². The molecule has 0 aromatic heterocycles. The number of hydrogen-bond acceptors (Lipinski definition) is 7. The lowest BCUT2D eigenvalue weighted by Crippen LogP contribution is -2.36. The van der Waals surface area contributed by atoms with E-state index in [1.165, 1.54) is 0 Å². The second-order valence-electron chi connectivity index (χ2n) is 9.85. The lowest BCUT2D eigenvalue weighted by molar-refractivity contribution is 0.459. The molecule has 0 radical (unpaired) electrons. The second-order valence-corrected chi connectivity index (χ2v) is 13.8. The highest BCUT2D eigenvalue weighted by atomic mass is 32.2. The van der Waals surface area contributed by atoms with Crippen molar-refractivity contribution < 1.29 is 21.6 Å². The molecule has 0 bridgehead atoms. The summed E-state index contributed by atoms with van der Waals surface area (Å²) in [6.45, 7) is 4.15. The zero-order valence-corrected chi connectivity index (χ0v) is 20.7. The highest BCUT2D eigenvalue weighted by Crippen LogP contribution is 2.34. The SMILES string of the molecule is CC[C@@H]1C[C@H](NS(=O)(=O)C2CC2)C[C@@H]1N.CC[C@@H]1C[C@H](NS(=O)(=O)C2CC2)C[C@@H]1N=C=O. The van der Waals surface area contributed by atoms with E-state index >= 15 is 0 Å². The van der Waals surface area contributed by atoms with E-state index in [0.29, 0.717) is 18.3 Å². The Morgan fingerprint density at radius 1 is 0.812 bits per heavy atom. The van der Waals surface area contributed by atoms with Crippen molar-refractivity contribution in [2.24, 2.45) is 22.6 Å². The second kappa shape index (κ2) is 10.6. The highest BCUT2D eigenvalue weighted by Gasteiger charge is 2.41. The van der Waals surface area contributed by atoms with Gasteiger partial charge in [0.15, 0.2) is 0 Å². The summed E-state index contributed by atoms with van der Waals surface area (Å²) >= 11 is 0. The van der Waals surface area contributed by atoms with E-state index in [2.05, 4.69) is 21.4 Å². The van der Waals surface area contributed by atoms with E-state index in [1.807, 2.05) is 6.92 Å². The van der Waals surface area contributed by atoms with Gasteiger partial charge in [-0.15, -0.1) is 0 Å². The Morgan fingerprint density at radius 3 is 1.69 bits per heavy atom. The van der Waals surface area contributed by atoms with Gasteiger partial charge in [-0.2, -0.15) is 0 Å². The summed E-state index contributed by atoms with van der Waals surface area (Å²) in [5.41, 5.74) is 5.96. The molecule has 4 aliphatic rings. The Kier molecular flexibility index (Phi) is 8.55. The van der Waals surface area contributed by atoms with Crippen molar-refractivity contribution in [1.29, 1.82) is 0 Å². The molecule has 4 rings (SSSR count). The van der Waals surface area contributed by atoms with Crippen LogP contribution in [0.3, 0.4) is 0 Å². The van der Waals surface area contributed by atoms with Crippen LogP contribution in [0.5, 0.6) is 0 Å². The van der Waals surface area contributed by atoms with Crippen LogP contribution in [0.1, 0.15) is 78.1 Å². The molecule has 0 unspecified atom stereocenters. The van der Waals surface area contributed by atoms with Crippen LogP contribution in [-0.4, -0.2) is 57.6 Å². The van der Waals surface area contributed by atoms with Gasteiger partial charge in [-0.25, -0.2) is 36.1 Å². The summed E-state index contributed by atoms with van der Waals surface area (Å²) in [5, 5.41) is -0.300. The molecule has 0 aromatic rings. The number of nitrogens with zero attached hydrogens (tertiary/aromatic N) is 1. The smallest absolute Gasteiger partial charge is 0.235 e. The predicted molar refractivity (Wildman–Crippen MR) is 124 cm³/mol. The number of nitrogens with one attached hydrogen (secondary N) is 2. The van der Waals surface area contributed by atoms with Crippen LogP contribution in [0.25, 0.3) is 0 Å². The zero-order valence-electron chi connectivity index (χ0n) is 19.1. The van der Waals surface area contributed by atoms with Crippen LogP contribution in [0.2, 0.25) is 0 Å². The lowest BCUT2D eigenvalue weighted by atomic mass is 10.0. The van der Waals surface area contributed by atoms with E-state index < -0.39 is 20.0 Å². The molecule has 4 aliphatic carbocycles. The summed E-state index contributed by atoms with van der Waals surface area (Å²) < 4.78 is 52.5. The maximum absolute atomic E-state index is 11.8. The van der Waals surface area contributed by atoms with Crippen LogP contribution in [-0.2, 0) is 24.8 Å². The van der Waals surface area contributed by atoms with Gasteiger partial charge in [-0.05, 0) is 63.2 Å². The molecule has 11 heteroatoms. The van der Waals surface area contributed by atoms with Gasteiger partial charge in [0.25, 0.3) is 0 Å². The van der Waals surface area contributed by atoms with E-state index in [-0.39, 0.29) is 34.7 Å². The Balaban J connectivity index is 0.000000182. The van der Waals surface area contributed by atoms with Gasteiger partial charge < -0.3 is 5.73 Å². The maximum atomic E-state index is 11.8.